The minimum atomic E-state index is 0.00593. The van der Waals surface area contributed by atoms with Crippen molar-refractivity contribution in [2.45, 2.75) is 19.8 Å². The fourth-order valence-corrected chi connectivity index (χ4v) is 1.56. The highest BCUT2D eigenvalue weighted by Crippen LogP contribution is 2.20. The van der Waals surface area contributed by atoms with Crippen LogP contribution in [0.1, 0.15) is 19.8 Å². The highest BCUT2D eigenvalue weighted by Gasteiger charge is 2.10. The molecule has 0 aliphatic carbocycles. The van der Waals surface area contributed by atoms with Gasteiger partial charge in [0.25, 0.3) is 0 Å². The highest BCUT2D eigenvalue weighted by molar-refractivity contribution is 5.93. The molecule has 0 spiro atoms. The summed E-state index contributed by atoms with van der Waals surface area (Å²) in [5, 5.41) is 2.89. The Morgan fingerprint density at radius 1 is 1.56 bits per heavy atom. The molecule has 0 fully saturated rings. The molecule has 0 aliphatic heterocycles. The van der Waals surface area contributed by atoms with Crippen LogP contribution in [0.15, 0.2) is 18.3 Å². The molecule has 1 amide bonds. The second kappa shape index (κ2) is 6.96. The number of nitrogens with one attached hydrogen (secondary N) is 1. The molecule has 0 saturated carbocycles. The quantitative estimate of drug-likeness (QED) is 0.802. The van der Waals surface area contributed by atoms with E-state index in [1.165, 1.54) is 0 Å². The second-order valence-corrected chi connectivity index (χ2v) is 4.70. The van der Waals surface area contributed by atoms with E-state index < -0.39 is 0 Å². The number of pyridine rings is 1. The molecule has 18 heavy (non-hydrogen) atoms. The maximum Gasteiger partial charge on any atom is 0.224 e. The van der Waals surface area contributed by atoms with Gasteiger partial charge in [-0.25, -0.2) is 4.98 Å². The molecule has 0 radical (unpaired) electrons. The summed E-state index contributed by atoms with van der Waals surface area (Å²) >= 11 is 0. The van der Waals surface area contributed by atoms with E-state index in [1.807, 2.05) is 38.1 Å². The largest absolute Gasteiger partial charge is 0.361 e. The lowest BCUT2D eigenvalue weighted by molar-refractivity contribution is -0.116. The first-order chi connectivity index (χ1) is 8.54. The zero-order valence-corrected chi connectivity index (χ0v) is 11.3. The van der Waals surface area contributed by atoms with Gasteiger partial charge in [-0.1, -0.05) is 6.92 Å². The standard InChI is InChI=1S/C13H22N4O/c1-10(9-14)6-7-12(18)16-11-5-4-8-15-13(11)17(2)3/h4-5,8,10H,6-7,9,14H2,1-3H3,(H,16,18). The Bertz CT molecular complexity index is 392. The normalized spacial score (nSPS) is 12.0. The molecule has 5 heteroatoms. The second-order valence-electron chi connectivity index (χ2n) is 4.70. The number of hydrogen-bond donors (Lipinski definition) is 2. The molecule has 0 saturated heterocycles. The monoisotopic (exact) mass is 250 g/mol. The van der Waals surface area contributed by atoms with Crippen LogP contribution >= 0.6 is 0 Å². The number of hydrogen-bond acceptors (Lipinski definition) is 4. The van der Waals surface area contributed by atoms with Crippen molar-refractivity contribution in [2.24, 2.45) is 11.7 Å². The minimum Gasteiger partial charge on any atom is -0.361 e. The van der Waals surface area contributed by atoms with Crippen molar-refractivity contribution in [1.82, 2.24) is 4.98 Å². The van der Waals surface area contributed by atoms with Crippen molar-refractivity contribution in [1.29, 1.82) is 0 Å². The molecule has 0 aliphatic rings. The van der Waals surface area contributed by atoms with Crippen molar-refractivity contribution < 1.29 is 4.79 Å². The summed E-state index contributed by atoms with van der Waals surface area (Å²) in [7, 11) is 3.79. The molecule has 0 aromatic carbocycles. The van der Waals surface area contributed by atoms with Crippen LogP contribution in [0, 0.1) is 5.92 Å². The van der Waals surface area contributed by atoms with Gasteiger partial charge in [-0.2, -0.15) is 0 Å². The van der Waals surface area contributed by atoms with E-state index in [0.29, 0.717) is 18.9 Å². The summed E-state index contributed by atoms with van der Waals surface area (Å²) in [4.78, 5) is 17.9. The van der Waals surface area contributed by atoms with Crippen molar-refractivity contribution in [3.05, 3.63) is 18.3 Å². The summed E-state index contributed by atoms with van der Waals surface area (Å²) < 4.78 is 0. The number of anilines is 2. The molecule has 0 bridgehead atoms. The third-order valence-corrected chi connectivity index (χ3v) is 2.75. The van der Waals surface area contributed by atoms with Gasteiger partial charge in [-0.05, 0) is 31.0 Å². The van der Waals surface area contributed by atoms with Gasteiger partial charge >= 0.3 is 0 Å². The summed E-state index contributed by atoms with van der Waals surface area (Å²) in [6.07, 6.45) is 3.00. The smallest absolute Gasteiger partial charge is 0.224 e. The number of nitrogens with zero attached hydrogens (tertiary/aromatic N) is 2. The summed E-state index contributed by atoms with van der Waals surface area (Å²) in [5.41, 5.74) is 6.27. The first kappa shape index (κ1) is 14.4. The topological polar surface area (TPSA) is 71.2 Å². The van der Waals surface area contributed by atoms with Crippen molar-refractivity contribution in [2.75, 3.05) is 30.9 Å². The van der Waals surface area contributed by atoms with Crippen LogP contribution in [0.4, 0.5) is 11.5 Å². The van der Waals surface area contributed by atoms with Crippen LogP contribution in [0.2, 0.25) is 0 Å². The fourth-order valence-electron chi connectivity index (χ4n) is 1.56. The number of carbonyl (C=O) groups is 1. The number of amides is 1. The number of aromatic nitrogens is 1. The van der Waals surface area contributed by atoms with Crippen molar-refractivity contribution in [3.63, 3.8) is 0 Å². The Morgan fingerprint density at radius 3 is 2.89 bits per heavy atom. The molecule has 1 aromatic rings. The van der Waals surface area contributed by atoms with Crippen LogP contribution in [0.5, 0.6) is 0 Å². The fraction of sp³-hybridized carbons (Fsp3) is 0.538. The van der Waals surface area contributed by atoms with Crippen LogP contribution in [-0.2, 0) is 4.79 Å². The molecule has 5 nitrogen and oxygen atoms in total. The van der Waals surface area contributed by atoms with Crippen LogP contribution in [-0.4, -0.2) is 31.5 Å². The average molecular weight is 250 g/mol. The van der Waals surface area contributed by atoms with Gasteiger partial charge in [-0.15, -0.1) is 0 Å². The van der Waals surface area contributed by atoms with E-state index in [0.717, 1.165) is 17.9 Å². The van der Waals surface area contributed by atoms with Gasteiger partial charge in [-0.3, -0.25) is 4.79 Å². The Morgan fingerprint density at radius 2 is 2.28 bits per heavy atom. The van der Waals surface area contributed by atoms with E-state index in [2.05, 4.69) is 10.3 Å². The molecule has 1 rings (SSSR count). The molecular weight excluding hydrogens is 228 g/mol. The molecule has 3 N–H and O–H groups in total. The van der Waals surface area contributed by atoms with E-state index in [4.69, 9.17) is 5.73 Å². The van der Waals surface area contributed by atoms with E-state index in [1.54, 1.807) is 6.20 Å². The Balaban J connectivity index is 2.59. The Labute approximate surface area is 108 Å². The highest BCUT2D eigenvalue weighted by atomic mass is 16.1. The van der Waals surface area contributed by atoms with Gasteiger partial charge in [0.1, 0.15) is 0 Å². The zero-order chi connectivity index (χ0) is 13.5. The molecular formula is C13H22N4O. The number of carbonyl (C=O) groups excluding carboxylic acids is 1. The lowest BCUT2D eigenvalue weighted by atomic mass is 10.1. The third kappa shape index (κ3) is 4.33. The van der Waals surface area contributed by atoms with Crippen LogP contribution < -0.4 is 16.0 Å². The Kier molecular flexibility index (Phi) is 5.58. The van der Waals surface area contributed by atoms with Crippen molar-refractivity contribution in [3.8, 4) is 0 Å². The molecule has 1 unspecified atom stereocenters. The summed E-state index contributed by atoms with van der Waals surface area (Å²) in [6, 6.07) is 3.66. The van der Waals surface area contributed by atoms with Gasteiger partial charge < -0.3 is 16.0 Å². The lowest BCUT2D eigenvalue weighted by Crippen LogP contribution is -2.19. The lowest BCUT2D eigenvalue weighted by Gasteiger charge is -2.16. The molecule has 1 atom stereocenters. The van der Waals surface area contributed by atoms with Gasteiger partial charge in [0.2, 0.25) is 5.91 Å². The minimum absolute atomic E-state index is 0.00593. The summed E-state index contributed by atoms with van der Waals surface area (Å²) in [6.45, 7) is 2.66. The first-order valence-corrected chi connectivity index (χ1v) is 6.16. The molecule has 100 valence electrons. The predicted octanol–water partition coefficient (Wildman–Crippen LogP) is 1.46. The van der Waals surface area contributed by atoms with Gasteiger partial charge in [0.05, 0.1) is 5.69 Å². The zero-order valence-electron chi connectivity index (χ0n) is 11.3. The van der Waals surface area contributed by atoms with Gasteiger partial charge in [0, 0.05) is 26.7 Å². The third-order valence-electron chi connectivity index (χ3n) is 2.75. The maximum atomic E-state index is 11.8. The van der Waals surface area contributed by atoms with E-state index in [-0.39, 0.29) is 5.91 Å². The first-order valence-electron chi connectivity index (χ1n) is 6.16. The molecule has 1 aromatic heterocycles. The van der Waals surface area contributed by atoms with Crippen LogP contribution in [0.25, 0.3) is 0 Å². The van der Waals surface area contributed by atoms with E-state index >= 15 is 0 Å². The SMILES string of the molecule is CC(CN)CCC(=O)Nc1cccnc1N(C)C. The average Bonchev–Trinajstić information content (AvgIpc) is 2.36. The summed E-state index contributed by atoms with van der Waals surface area (Å²) in [5.74, 6) is 1.14. The molecule has 1 heterocycles. The Hall–Kier alpha value is -1.62. The maximum absolute atomic E-state index is 11.8. The van der Waals surface area contributed by atoms with Gasteiger partial charge in [0.15, 0.2) is 5.82 Å². The van der Waals surface area contributed by atoms with Crippen molar-refractivity contribution >= 4 is 17.4 Å². The predicted molar refractivity (Wildman–Crippen MR) is 74.6 cm³/mol. The number of rotatable bonds is 6. The van der Waals surface area contributed by atoms with E-state index in [9.17, 15) is 4.79 Å². The number of nitrogens with two attached hydrogens (primary N) is 1. The van der Waals surface area contributed by atoms with Crippen LogP contribution in [0.3, 0.4) is 0 Å².